The predicted octanol–water partition coefficient (Wildman–Crippen LogP) is 2.86. The Labute approximate surface area is 102 Å². The molecule has 0 amide bonds. The highest BCUT2D eigenvalue weighted by Crippen LogP contribution is 2.24. The van der Waals surface area contributed by atoms with Crippen LogP contribution < -0.4 is 0 Å². The fourth-order valence-corrected chi connectivity index (χ4v) is 2.41. The second-order valence-electron chi connectivity index (χ2n) is 4.48. The summed E-state index contributed by atoms with van der Waals surface area (Å²) < 4.78 is 0. The summed E-state index contributed by atoms with van der Waals surface area (Å²) in [6.07, 6.45) is 2.07. The third-order valence-electron chi connectivity index (χ3n) is 3.39. The minimum atomic E-state index is -0.421. The molecule has 88 valence electrons. The predicted molar refractivity (Wildman–Crippen MR) is 66.7 cm³/mol. The van der Waals surface area contributed by atoms with Gasteiger partial charge in [0.05, 0.1) is 6.10 Å². The van der Waals surface area contributed by atoms with Crippen LogP contribution in [0.4, 0.5) is 0 Å². The standard InChI is InChI=1S/C13H18ClNO/c1-10(15-8-2-3-9-15)13(16)11-4-6-12(14)7-5-11/h4-7,10,13,16H,2-3,8-9H2,1H3/t10-,13+/m1/s1. The summed E-state index contributed by atoms with van der Waals surface area (Å²) >= 11 is 5.83. The highest BCUT2D eigenvalue weighted by atomic mass is 35.5. The lowest BCUT2D eigenvalue weighted by Crippen LogP contribution is -2.35. The van der Waals surface area contributed by atoms with E-state index in [1.165, 1.54) is 12.8 Å². The van der Waals surface area contributed by atoms with E-state index in [0.29, 0.717) is 5.02 Å². The molecular weight excluding hydrogens is 222 g/mol. The molecular formula is C13H18ClNO. The Morgan fingerprint density at radius 1 is 1.19 bits per heavy atom. The first-order valence-electron chi connectivity index (χ1n) is 5.86. The van der Waals surface area contributed by atoms with E-state index in [0.717, 1.165) is 18.7 Å². The lowest BCUT2D eigenvalue weighted by Gasteiger charge is -2.28. The van der Waals surface area contributed by atoms with E-state index in [-0.39, 0.29) is 6.04 Å². The maximum Gasteiger partial charge on any atom is 0.0942 e. The van der Waals surface area contributed by atoms with Gasteiger partial charge in [0.1, 0.15) is 0 Å². The van der Waals surface area contributed by atoms with Crippen LogP contribution in [0.5, 0.6) is 0 Å². The van der Waals surface area contributed by atoms with Gasteiger partial charge >= 0.3 is 0 Å². The number of aliphatic hydroxyl groups excluding tert-OH is 1. The van der Waals surface area contributed by atoms with Crippen molar-refractivity contribution in [2.75, 3.05) is 13.1 Å². The number of hydrogen-bond acceptors (Lipinski definition) is 2. The molecule has 1 fully saturated rings. The molecule has 0 radical (unpaired) electrons. The normalized spacial score (nSPS) is 20.9. The van der Waals surface area contributed by atoms with Crippen LogP contribution in [0.2, 0.25) is 5.02 Å². The first-order valence-corrected chi connectivity index (χ1v) is 6.24. The van der Waals surface area contributed by atoms with Crippen molar-refractivity contribution in [1.29, 1.82) is 0 Å². The number of aliphatic hydroxyl groups is 1. The second-order valence-corrected chi connectivity index (χ2v) is 4.92. The number of rotatable bonds is 3. The quantitative estimate of drug-likeness (QED) is 0.877. The highest BCUT2D eigenvalue weighted by Gasteiger charge is 2.25. The Balaban J connectivity index is 2.05. The molecule has 2 atom stereocenters. The molecule has 1 aromatic carbocycles. The molecule has 1 heterocycles. The zero-order chi connectivity index (χ0) is 11.5. The Morgan fingerprint density at radius 3 is 2.31 bits per heavy atom. The van der Waals surface area contributed by atoms with Crippen molar-refractivity contribution < 1.29 is 5.11 Å². The molecule has 1 aliphatic rings. The average molecular weight is 240 g/mol. The van der Waals surface area contributed by atoms with Gasteiger partial charge in [0.2, 0.25) is 0 Å². The van der Waals surface area contributed by atoms with Gasteiger partial charge in [0, 0.05) is 11.1 Å². The molecule has 1 aliphatic heterocycles. The van der Waals surface area contributed by atoms with E-state index in [9.17, 15) is 5.11 Å². The van der Waals surface area contributed by atoms with E-state index in [1.807, 2.05) is 24.3 Å². The molecule has 0 aliphatic carbocycles. The van der Waals surface area contributed by atoms with Crippen LogP contribution >= 0.6 is 11.6 Å². The van der Waals surface area contributed by atoms with E-state index < -0.39 is 6.10 Å². The summed E-state index contributed by atoms with van der Waals surface area (Å²) in [7, 11) is 0. The molecule has 0 spiro atoms. The summed E-state index contributed by atoms with van der Waals surface area (Å²) in [6.45, 7) is 4.29. The zero-order valence-electron chi connectivity index (χ0n) is 9.56. The van der Waals surface area contributed by atoms with E-state index >= 15 is 0 Å². The van der Waals surface area contributed by atoms with Crippen molar-refractivity contribution in [3.63, 3.8) is 0 Å². The van der Waals surface area contributed by atoms with Crippen LogP contribution in [-0.2, 0) is 0 Å². The van der Waals surface area contributed by atoms with Gasteiger partial charge in [-0.25, -0.2) is 0 Å². The Bertz CT molecular complexity index is 332. The van der Waals surface area contributed by atoms with Crippen molar-refractivity contribution in [3.05, 3.63) is 34.9 Å². The molecule has 0 saturated carbocycles. The maximum absolute atomic E-state index is 10.3. The highest BCUT2D eigenvalue weighted by molar-refractivity contribution is 6.30. The minimum absolute atomic E-state index is 0.184. The molecule has 2 rings (SSSR count). The van der Waals surface area contributed by atoms with Gasteiger partial charge in [-0.2, -0.15) is 0 Å². The first kappa shape index (κ1) is 11.9. The summed E-state index contributed by atoms with van der Waals surface area (Å²) in [5, 5.41) is 11.0. The molecule has 16 heavy (non-hydrogen) atoms. The van der Waals surface area contributed by atoms with Gasteiger partial charge in [-0.1, -0.05) is 23.7 Å². The van der Waals surface area contributed by atoms with Crippen LogP contribution in [0.15, 0.2) is 24.3 Å². The van der Waals surface area contributed by atoms with Crippen molar-refractivity contribution in [3.8, 4) is 0 Å². The molecule has 3 heteroatoms. The summed E-state index contributed by atoms with van der Waals surface area (Å²) in [4.78, 5) is 2.35. The lowest BCUT2D eigenvalue weighted by molar-refractivity contribution is 0.0716. The van der Waals surface area contributed by atoms with Crippen molar-refractivity contribution in [1.82, 2.24) is 4.90 Å². The SMILES string of the molecule is C[C@H]([C@H](O)c1ccc(Cl)cc1)N1CCCC1. The molecule has 0 bridgehead atoms. The number of benzene rings is 1. The minimum Gasteiger partial charge on any atom is -0.387 e. The number of likely N-dealkylation sites (tertiary alicyclic amines) is 1. The van der Waals surface area contributed by atoms with E-state index in [1.54, 1.807) is 0 Å². The topological polar surface area (TPSA) is 23.5 Å². The second kappa shape index (κ2) is 5.17. The Hall–Kier alpha value is -0.570. The fourth-order valence-electron chi connectivity index (χ4n) is 2.29. The van der Waals surface area contributed by atoms with E-state index in [2.05, 4.69) is 11.8 Å². The maximum atomic E-state index is 10.3. The van der Waals surface area contributed by atoms with Gasteiger partial charge in [0.15, 0.2) is 0 Å². The third kappa shape index (κ3) is 2.57. The summed E-state index contributed by atoms with van der Waals surface area (Å²) in [5.41, 5.74) is 0.948. The fraction of sp³-hybridized carbons (Fsp3) is 0.538. The average Bonchev–Trinajstić information content (AvgIpc) is 2.81. The van der Waals surface area contributed by atoms with Gasteiger partial charge in [-0.3, -0.25) is 4.90 Å². The number of halogens is 1. The van der Waals surface area contributed by atoms with Crippen molar-refractivity contribution in [2.45, 2.75) is 31.9 Å². The van der Waals surface area contributed by atoms with Gasteiger partial charge in [0.25, 0.3) is 0 Å². The zero-order valence-corrected chi connectivity index (χ0v) is 10.3. The van der Waals surface area contributed by atoms with Crippen LogP contribution in [0.25, 0.3) is 0 Å². The molecule has 0 aromatic heterocycles. The van der Waals surface area contributed by atoms with Crippen LogP contribution in [-0.4, -0.2) is 29.1 Å². The first-order chi connectivity index (χ1) is 7.68. The van der Waals surface area contributed by atoms with Crippen LogP contribution in [0.3, 0.4) is 0 Å². The Kier molecular flexibility index (Phi) is 3.85. The number of hydrogen-bond donors (Lipinski definition) is 1. The summed E-state index contributed by atoms with van der Waals surface area (Å²) in [6, 6.07) is 7.65. The van der Waals surface area contributed by atoms with E-state index in [4.69, 9.17) is 11.6 Å². The third-order valence-corrected chi connectivity index (χ3v) is 3.64. The van der Waals surface area contributed by atoms with Crippen LogP contribution in [0.1, 0.15) is 31.4 Å². The van der Waals surface area contributed by atoms with Gasteiger partial charge in [-0.15, -0.1) is 0 Å². The lowest BCUT2D eigenvalue weighted by atomic mass is 10.0. The molecule has 1 N–H and O–H groups in total. The largest absolute Gasteiger partial charge is 0.387 e. The molecule has 1 aromatic rings. The monoisotopic (exact) mass is 239 g/mol. The smallest absolute Gasteiger partial charge is 0.0942 e. The molecule has 2 nitrogen and oxygen atoms in total. The van der Waals surface area contributed by atoms with Gasteiger partial charge in [-0.05, 0) is 50.6 Å². The molecule has 1 saturated heterocycles. The van der Waals surface area contributed by atoms with Crippen molar-refractivity contribution in [2.24, 2.45) is 0 Å². The Morgan fingerprint density at radius 2 is 1.75 bits per heavy atom. The molecule has 0 unspecified atom stereocenters. The van der Waals surface area contributed by atoms with Crippen molar-refractivity contribution >= 4 is 11.6 Å². The van der Waals surface area contributed by atoms with Gasteiger partial charge < -0.3 is 5.11 Å². The van der Waals surface area contributed by atoms with Crippen LogP contribution in [0, 0.1) is 0 Å². The summed E-state index contributed by atoms with van der Waals surface area (Å²) in [5.74, 6) is 0. The number of nitrogens with zero attached hydrogens (tertiary/aromatic N) is 1.